The fraction of sp³-hybridized carbons (Fsp3) is 1.00. The maximum atomic E-state index is 3.54. The van der Waals surface area contributed by atoms with Crippen LogP contribution in [-0.2, 0) is 0 Å². The zero-order valence-electron chi connectivity index (χ0n) is 11.3. The lowest BCUT2D eigenvalue weighted by Gasteiger charge is -2.25. The van der Waals surface area contributed by atoms with Gasteiger partial charge in [-0.05, 0) is 37.3 Å². The molecule has 15 heavy (non-hydrogen) atoms. The summed E-state index contributed by atoms with van der Waals surface area (Å²) in [6.45, 7) is 16.0. The van der Waals surface area contributed by atoms with Crippen LogP contribution in [-0.4, -0.2) is 26.2 Å². The molecule has 2 heteroatoms. The summed E-state index contributed by atoms with van der Waals surface area (Å²) in [6.07, 6.45) is 1.22. The van der Waals surface area contributed by atoms with E-state index in [-0.39, 0.29) is 0 Å². The van der Waals surface area contributed by atoms with Gasteiger partial charge in [0.1, 0.15) is 0 Å². The Labute approximate surface area is 96.2 Å². The molecule has 2 N–H and O–H groups in total. The Morgan fingerprint density at radius 3 is 1.80 bits per heavy atom. The second-order valence-electron chi connectivity index (χ2n) is 5.11. The number of hydrogen-bond acceptors (Lipinski definition) is 2. The fourth-order valence-corrected chi connectivity index (χ4v) is 1.99. The second-order valence-corrected chi connectivity index (χ2v) is 5.11. The minimum absolute atomic E-state index is 0.779. The molecule has 0 aliphatic heterocycles. The summed E-state index contributed by atoms with van der Waals surface area (Å²) in [5.74, 6) is 2.36. The topological polar surface area (TPSA) is 24.1 Å². The minimum atomic E-state index is 0.779. The van der Waals surface area contributed by atoms with E-state index in [1.165, 1.54) is 6.42 Å². The SMILES string of the molecule is CCCNCCNCC(C(C)C)C(C)C. The van der Waals surface area contributed by atoms with E-state index in [9.17, 15) is 0 Å². The van der Waals surface area contributed by atoms with Gasteiger partial charge in [-0.2, -0.15) is 0 Å². The third-order valence-electron chi connectivity index (χ3n) is 3.00. The normalized spacial score (nSPS) is 12.0. The van der Waals surface area contributed by atoms with Crippen molar-refractivity contribution in [1.29, 1.82) is 0 Å². The Morgan fingerprint density at radius 2 is 1.33 bits per heavy atom. The molecular weight excluding hydrogens is 184 g/mol. The first kappa shape index (κ1) is 14.9. The Morgan fingerprint density at radius 1 is 0.800 bits per heavy atom. The van der Waals surface area contributed by atoms with Gasteiger partial charge in [-0.25, -0.2) is 0 Å². The van der Waals surface area contributed by atoms with Gasteiger partial charge in [0.05, 0.1) is 0 Å². The Kier molecular flexibility index (Phi) is 9.12. The van der Waals surface area contributed by atoms with Crippen molar-refractivity contribution in [3.63, 3.8) is 0 Å². The first-order valence-electron chi connectivity index (χ1n) is 6.51. The Hall–Kier alpha value is -0.0800. The average molecular weight is 214 g/mol. The van der Waals surface area contributed by atoms with E-state index in [2.05, 4.69) is 45.3 Å². The molecule has 0 radical (unpaired) electrons. The molecule has 0 atom stereocenters. The zero-order chi connectivity index (χ0) is 11.7. The monoisotopic (exact) mass is 214 g/mol. The Balaban J connectivity index is 3.46. The molecule has 92 valence electrons. The van der Waals surface area contributed by atoms with Gasteiger partial charge in [-0.3, -0.25) is 0 Å². The van der Waals surface area contributed by atoms with E-state index in [1.54, 1.807) is 0 Å². The van der Waals surface area contributed by atoms with Gasteiger partial charge >= 0.3 is 0 Å². The van der Waals surface area contributed by atoms with Crippen LogP contribution in [0.4, 0.5) is 0 Å². The van der Waals surface area contributed by atoms with Gasteiger partial charge in [-0.1, -0.05) is 34.6 Å². The van der Waals surface area contributed by atoms with Crippen LogP contribution in [0.15, 0.2) is 0 Å². The van der Waals surface area contributed by atoms with E-state index < -0.39 is 0 Å². The summed E-state index contributed by atoms with van der Waals surface area (Å²) in [5.41, 5.74) is 0. The van der Waals surface area contributed by atoms with Crippen molar-refractivity contribution >= 4 is 0 Å². The molecule has 0 aromatic rings. The van der Waals surface area contributed by atoms with Crippen molar-refractivity contribution < 1.29 is 0 Å². The van der Waals surface area contributed by atoms with Crippen molar-refractivity contribution in [3.8, 4) is 0 Å². The van der Waals surface area contributed by atoms with Crippen LogP contribution in [0, 0.1) is 17.8 Å². The smallest absolute Gasteiger partial charge is 0.00768 e. The molecular formula is C13H30N2. The summed E-state index contributed by atoms with van der Waals surface area (Å²) in [4.78, 5) is 0. The maximum Gasteiger partial charge on any atom is 0.00768 e. The predicted molar refractivity (Wildman–Crippen MR) is 69.2 cm³/mol. The van der Waals surface area contributed by atoms with Gasteiger partial charge in [0.25, 0.3) is 0 Å². The summed E-state index contributed by atoms with van der Waals surface area (Å²) >= 11 is 0. The van der Waals surface area contributed by atoms with Gasteiger partial charge in [0, 0.05) is 13.1 Å². The quantitative estimate of drug-likeness (QED) is 0.576. The third kappa shape index (κ3) is 7.80. The lowest BCUT2D eigenvalue weighted by atomic mass is 9.85. The number of nitrogens with one attached hydrogen (secondary N) is 2. The van der Waals surface area contributed by atoms with Crippen LogP contribution in [0.5, 0.6) is 0 Å². The van der Waals surface area contributed by atoms with E-state index in [4.69, 9.17) is 0 Å². The highest BCUT2D eigenvalue weighted by atomic mass is 14.9. The van der Waals surface area contributed by atoms with Crippen LogP contribution in [0.25, 0.3) is 0 Å². The first-order chi connectivity index (χ1) is 7.09. The molecule has 0 heterocycles. The fourth-order valence-electron chi connectivity index (χ4n) is 1.99. The van der Waals surface area contributed by atoms with E-state index in [0.717, 1.165) is 43.9 Å². The zero-order valence-corrected chi connectivity index (χ0v) is 11.3. The highest BCUT2D eigenvalue weighted by molar-refractivity contribution is 4.69. The van der Waals surface area contributed by atoms with E-state index >= 15 is 0 Å². The summed E-state index contributed by atoms with van der Waals surface area (Å²) in [6, 6.07) is 0. The lowest BCUT2D eigenvalue weighted by molar-refractivity contribution is 0.276. The van der Waals surface area contributed by atoms with Gasteiger partial charge in [0.15, 0.2) is 0 Å². The van der Waals surface area contributed by atoms with Crippen LogP contribution in [0.2, 0.25) is 0 Å². The molecule has 0 aromatic carbocycles. The first-order valence-corrected chi connectivity index (χ1v) is 6.51. The highest BCUT2D eigenvalue weighted by Crippen LogP contribution is 2.19. The van der Waals surface area contributed by atoms with Crippen LogP contribution in [0.1, 0.15) is 41.0 Å². The van der Waals surface area contributed by atoms with Crippen molar-refractivity contribution in [3.05, 3.63) is 0 Å². The van der Waals surface area contributed by atoms with Crippen molar-refractivity contribution in [1.82, 2.24) is 10.6 Å². The van der Waals surface area contributed by atoms with Crippen LogP contribution >= 0.6 is 0 Å². The molecule has 0 aliphatic rings. The predicted octanol–water partition coefficient (Wildman–Crippen LogP) is 2.50. The molecule has 0 amide bonds. The molecule has 0 unspecified atom stereocenters. The Bertz CT molecular complexity index is 124. The average Bonchev–Trinajstić information content (AvgIpc) is 2.15. The molecule has 0 bridgehead atoms. The third-order valence-corrected chi connectivity index (χ3v) is 3.00. The van der Waals surface area contributed by atoms with Gasteiger partial charge in [0.2, 0.25) is 0 Å². The number of rotatable bonds is 9. The van der Waals surface area contributed by atoms with E-state index in [0.29, 0.717) is 0 Å². The van der Waals surface area contributed by atoms with Crippen LogP contribution in [0.3, 0.4) is 0 Å². The summed E-state index contributed by atoms with van der Waals surface area (Å²) in [7, 11) is 0. The van der Waals surface area contributed by atoms with Gasteiger partial charge in [-0.15, -0.1) is 0 Å². The molecule has 0 saturated carbocycles. The standard InChI is InChI=1S/C13H30N2/c1-6-7-14-8-9-15-10-13(11(2)3)12(4)5/h11-15H,6-10H2,1-5H3. The molecule has 0 fully saturated rings. The second kappa shape index (κ2) is 9.17. The van der Waals surface area contributed by atoms with Crippen molar-refractivity contribution in [2.75, 3.05) is 26.2 Å². The van der Waals surface area contributed by atoms with Crippen LogP contribution < -0.4 is 10.6 Å². The molecule has 0 aliphatic carbocycles. The van der Waals surface area contributed by atoms with Crippen molar-refractivity contribution in [2.24, 2.45) is 17.8 Å². The molecule has 0 saturated heterocycles. The molecule has 0 aromatic heterocycles. The van der Waals surface area contributed by atoms with E-state index in [1.807, 2.05) is 0 Å². The highest BCUT2D eigenvalue weighted by Gasteiger charge is 2.16. The molecule has 0 spiro atoms. The number of hydrogen-bond donors (Lipinski definition) is 2. The molecule has 2 nitrogen and oxygen atoms in total. The summed E-state index contributed by atoms with van der Waals surface area (Å²) < 4.78 is 0. The summed E-state index contributed by atoms with van der Waals surface area (Å²) in [5, 5.41) is 6.95. The van der Waals surface area contributed by atoms with Gasteiger partial charge < -0.3 is 10.6 Å². The minimum Gasteiger partial charge on any atom is -0.315 e. The van der Waals surface area contributed by atoms with Crippen molar-refractivity contribution in [2.45, 2.75) is 41.0 Å². The molecule has 0 rings (SSSR count). The lowest BCUT2D eigenvalue weighted by Crippen LogP contribution is -2.34. The largest absolute Gasteiger partial charge is 0.315 e. The maximum absolute atomic E-state index is 3.54.